The molecule has 0 unspecified atom stereocenters. The zero-order chi connectivity index (χ0) is 15.7. The Kier molecular flexibility index (Phi) is 4.79. The summed E-state index contributed by atoms with van der Waals surface area (Å²) in [5, 5.41) is 9.10. The van der Waals surface area contributed by atoms with Crippen LogP contribution in [0.4, 0.5) is 11.5 Å². The number of benzene rings is 1. The lowest BCUT2D eigenvalue weighted by atomic mass is 9.99. The lowest BCUT2D eigenvalue weighted by Crippen LogP contribution is -2.13. The molecule has 120 valence electrons. The number of nitrogens with two attached hydrogens (primary N) is 3. The number of nitrogens with zero attached hydrogens (tertiary/aromatic N) is 2. The zero-order valence-electron chi connectivity index (χ0n) is 12.2. The highest BCUT2D eigenvalue weighted by molar-refractivity contribution is 5.85. The molecule has 0 amide bonds. The van der Waals surface area contributed by atoms with E-state index in [9.17, 15) is 0 Å². The van der Waals surface area contributed by atoms with Gasteiger partial charge in [0.25, 0.3) is 0 Å². The maximum Gasteiger partial charge on any atom is 0.226 e. The second kappa shape index (κ2) is 6.60. The summed E-state index contributed by atoms with van der Waals surface area (Å²) in [4.78, 5) is 4.13. The monoisotopic (exact) mass is 333 g/mol. The number of aromatic nitrogens is 1. The number of hydrogen-bond acceptors (Lipinski definition) is 7. The Hall–Kier alpha value is -2.69. The third-order valence-electron chi connectivity index (χ3n) is 3.44. The molecule has 0 atom stereocenters. The molecule has 2 aromatic rings. The van der Waals surface area contributed by atoms with E-state index in [1.807, 2.05) is 18.2 Å². The first-order valence-corrected chi connectivity index (χ1v) is 6.75. The van der Waals surface area contributed by atoms with Gasteiger partial charge in [0.1, 0.15) is 35.6 Å². The molecule has 1 aromatic carbocycles. The molecule has 1 aliphatic rings. The highest BCUT2D eigenvalue weighted by Crippen LogP contribution is 2.41. The van der Waals surface area contributed by atoms with Crippen LogP contribution in [0.2, 0.25) is 0 Å². The average molecular weight is 334 g/mol. The van der Waals surface area contributed by atoms with Gasteiger partial charge >= 0.3 is 0 Å². The van der Waals surface area contributed by atoms with Crippen LogP contribution in [0.1, 0.15) is 16.7 Å². The molecule has 8 heteroatoms. The molecule has 0 bridgehead atoms. The van der Waals surface area contributed by atoms with Crippen molar-refractivity contribution in [3.05, 3.63) is 34.9 Å². The average Bonchev–Trinajstić information content (AvgIpc) is 2.51. The van der Waals surface area contributed by atoms with E-state index < -0.39 is 0 Å². The van der Waals surface area contributed by atoms with Crippen molar-refractivity contribution in [2.45, 2.75) is 6.42 Å². The maximum absolute atomic E-state index is 9.10. The molecule has 0 radical (unpaired) electrons. The first-order chi connectivity index (χ1) is 10.6. The number of anilines is 2. The van der Waals surface area contributed by atoms with Gasteiger partial charge in [0.05, 0.1) is 5.69 Å². The van der Waals surface area contributed by atoms with Gasteiger partial charge in [-0.15, -0.1) is 12.4 Å². The van der Waals surface area contributed by atoms with Crippen LogP contribution in [0.25, 0.3) is 0 Å². The van der Waals surface area contributed by atoms with Gasteiger partial charge in [-0.25, -0.2) is 0 Å². The summed E-state index contributed by atoms with van der Waals surface area (Å²) in [6, 6.07) is 7.49. The second-order valence-corrected chi connectivity index (χ2v) is 4.87. The van der Waals surface area contributed by atoms with E-state index in [2.05, 4.69) is 4.98 Å². The van der Waals surface area contributed by atoms with E-state index in [0.29, 0.717) is 48.2 Å². The Morgan fingerprint density at radius 1 is 1.35 bits per heavy atom. The number of fused-ring (bicyclic) bond motifs is 2. The van der Waals surface area contributed by atoms with Crippen LogP contribution in [-0.2, 0) is 6.42 Å². The number of nitriles is 1. The van der Waals surface area contributed by atoms with Gasteiger partial charge in [-0.3, -0.25) is 0 Å². The molecule has 3 rings (SSSR count). The SMILES string of the molecule is Cl.N#Cc1c(N)nc2c(c1N)Cc1ccc(OCCN)cc1O2. The second-order valence-electron chi connectivity index (χ2n) is 4.87. The molecule has 0 saturated carbocycles. The van der Waals surface area contributed by atoms with Crippen molar-refractivity contribution in [3.63, 3.8) is 0 Å². The number of hydrogen-bond donors (Lipinski definition) is 3. The molecule has 0 fully saturated rings. The summed E-state index contributed by atoms with van der Waals surface area (Å²) in [5.74, 6) is 1.70. The van der Waals surface area contributed by atoms with Crippen molar-refractivity contribution in [3.8, 4) is 23.4 Å². The third-order valence-corrected chi connectivity index (χ3v) is 3.44. The fourth-order valence-corrected chi connectivity index (χ4v) is 2.35. The fourth-order valence-electron chi connectivity index (χ4n) is 2.35. The third kappa shape index (κ3) is 2.95. The van der Waals surface area contributed by atoms with Crippen LogP contribution < -0.4 is 26.7 Å². The quantitative estimate of drug-likeness (QED) is 0.662. The molecule has 6 N–H and O–H groups in total. The van der Waals surface area contributed by atoms with Crippen LogP contribution in [0.15, 0.2) is 18.2 Å². The van der Waals surface area contributed by atoms with E-state index >= 15 is 0 Å². The molecule has 0 saturated heterocycles. The smallest absolute Gasteiger partial charge is 0.226 e. The number of pyridine rings is 1. The van der Waals surface area contributed by atoms with Crippen LogP contribution in [0.3, 0.4) is 0 Å². The summed E-state index contributed by atoms with van der Waals surface area (Å²) >= 11 is 0. The topological polar surface area (TPSA) is 133 Å². The van der Waals surface area contributed by atoms with Gasteiger partial charge in [0.2, 0.25) is 5.88 Å². The highest BCUT2D eigenvalue weighted by atomic mass is 35.5. The molecule has 1 aliphatic heterocycles. The molecule has 23 heavy (non-hydrogen) atoms. The van der Waals surface area contributed by atoms with Crippen LogP contribution in [0.5, 0.6) is 17.4 Å². The van der Waals surface area contributed by atoms with Crippen LogP contribution >= 0.6 is 12.4 Å². The lowest BCUT2D eigenvalue weighted by molar-refractivity contribution is 0.325. The Balaban J connectivity index is 0.00000192. The molecular weight excluding hydrogens is 318 g/mol. The van der Waals surface area contributed by atoms with Gasteiger partial charge < -0.3 is 26.7 Å². The van der Waals surface area contributed by atoms with E-state index in [1.54, 1.807) is 6.07 Å². The van der Waals surface area contributed by atoms with Gasteiger partial charge in [-0.05, 0) is 11.6 Å². The first-order valence-electron chi connectivity index (χ1n) is 6.75. The zero-order valence-corrected chi connectivity index (χ0v) is 13.0. The largest absolute Gasteiger partial charge is 0.492 e. The van der Waals surface area contributed by atoms with Crippen LogP contribution in [-0.4, -0.2) is 18.1 Å². The standard InChI is InChI=1S/C15H15N5O2.ClH/c16-3-4-21-9-2-1-8-5-10-13(18)11(7-17)14(19)20-15(10)22-12(8)6-9;/h1-2,6H,3-5,16H2,(H4,18,19,20);1H. The number of rotatable bonds is 3. The number of ether oxygens (including phenoxy) is 2. The predicted octanol–water partition coefficient (Wildman–Crippen LogP) is 1.57. The first kappa shape index (κ1) is 16.7. The summed E-state index contributed by atoms with van der Waals surface area (Å²) in [7, 11) is 0. The van der Waals surface area contributed by atoms with Crippen LogP contribution in [0, 0.1) is 11.3 Å². The van der Waals surface area contributed by atoms with Gasteiger partial charge in [-0.2, -0.15) is 10.2 Å². The van der Waals surface area contributed by atoms with Gasteiger partial charge in [-0.1, -0.05) is 6.07 Å². The Morgan fingerprint density at radius 2 is 2.13 bits per heavy atom. The molecule has 7 nitrogen and oxygen atoms in total. The normalized spacial score (nSPS) is 11.3. The Morgan fingerprint density at radius 3 is 2.83 bits per heavy atom. The minimum Gasteiger partial charge on any atom is -0.492 e. The molecule has 0 aliphatic carbocycles. The van der Waals surface area contributed by atoms with Crippen molar-refractivity contribution in [2.75, 3.05) is 24.6 Å². The Bertz CT molecular complexity index is 788. The minimum absolute atomic E-state index is 0. The van der Waals surface area contributed by atoms with Crippen molar-refractivity contribution in [1.82, 2.24) is 4.98 Å². The summed E-state index contributed by atoms with van der Waals surface area (Å²) in [5.41, 5.74) is 19.3. The number of halogens is 1. The summed E-state index contributed by atoms with van der Waals surface area (Å²) in [6.07, 6.45) is 0.523. The molecule has 2 heterocycles. The van der Waals surface area contributed by atoms with E-state index in [-0.39, 0.29) is 23.8 Å². The van der Waals surface area contributed by atoms with Crippen molar-refractivity contribution >= 4 is 23.9 Å². The molecule has 1 aromatic heterocycles. The van der Waals surface area contributed by atoms with Gasteiger partial charge in [0.15, 0.2) is 0 Å². The van der Waals surface area contributed by atoms with Crippen molar-refractivity contribution in [2.24, 2.45) is 5.73 Å². The molecule has 0 spiro atoms. The fraction of sp³-hybridized carbons (Fsp3) is 0.200. The Labute approximate surface area is 139 Å². The highest BCUT2D eigenvalue weighted by Gasteiger charge is 2.24. The summed E-state index contributed by atoms with van der Waals surface area (Å²) < 4.78 is 11.2. The number of nitrogen functional groups attached to an aromatic ring is 2. The van der Waals surface area contributed by atoms with Gasteiger partial charge in [0, 0.05) is 24.6 Å². The maximum atomic E-state index is 9.10. The summed E-state index contributed by atoms with van der Waals surface area (Å²) in [6.45, 7) is 0.866. The molecular formula is C15H16ClN5O2. The predicted molar refractivity (Wildman–Crippen MR) is 88.9 cm³/mol. The minimum atomic E-state index is 0. The van der Waals surface area contributed by atoms with E-state index in [4.69, 9.17) is 31.9 Å². The van der Waals surface area contributed by atoms with Crippen molar-refractivity contribution in [1.29, 1.82) is 5.26 Å². The lowest BCUT2D eigenvalue weighted by Gasteiger charge is -2.22. The van der Waals surface area contributed by atoms with E-state index in [1.165, 1.54) is 0 Å². The van der Waals surface area contributed by atoms with E-state index in [0.717, 1.165) is 5.56 Å². The van der Waals surface area contributed by atoms with Crippen molar-refractivity contribution < 1.29 is 9.47 Å².